The first-order valence-electron chi connectivity index (χ1n) is 12.5. The molecule has 1 aliphatic heterocycles. The molecule has 1 aliphatic rings. The SMILES string of the molecule is CCCn1c(CN(CC(C)C)C(=O)c2cc(F)ccc2F)nc2cc(CN3CC=CCC3)ccc21. The molecule has 0 radical (unpaired) electrons. The van der Waals surface area contributed by atoms with E-state index in [1.54, 1.807) is 4.90 Å². The number of hydrogen-bond donors (Lipinski definition) is 0. The first-order valence-corrected chi connectivity index (χ1v) is 12.5. The Kier molecular flexibility index (Phi) is 7.96. The van der Waals surface area contributed by atoms with Gasteiger partial charge in [-0.1, -0.05) is 39.0 Å². The van der Waals surface area contributed by atoms with E-state index in [1.807, 2.05) is 13.8 Å². The summed E-state index contributed by atoms with van der Waals surface area (Å²) < 4.78 is 30.4. The number of amides is 1. The molecule has 2 aromatic carbocycles. The summed E-state index contributed by atoms with van der Waals surface area (Å²) >= 11 is 0. The van der Waals surface area contributed by atoms with Gasteiger partial charge in [-0.05, 0) is 54.7 Å². The van der Waals surface area contributed by atoms with Gasteiger partial charge in [-0.25, -0.2) is 13.8 Å². The van der Waals surface area contributed by atoms with E-state index in [9.17, 15) is 13.6 Å². The molecular weight excluding hydrogens is 446 g/mol. The van der Waals surface area contributed by atoms with E-state index >= 15 is 0 Å². The number of nitrogens with zero attached hydrogens (tertiary/aromatic N) is 4. The van der Waals surface area contributed by atoms with Gasteiger partial charge >= 0.3 is 0 Å². The number of halogens is 2. The Morgan fingerprint density at radius 3 is 2.69 bits per heavy atom. The normalized spacial score (nSPS) is 14.2. The van der Waals surface area contributed by atoms with Gasteiger partial charge < -0.3 is 9.47 Å². The Morgan fingerprint density at radius 1 is 1.14 bits per heavy atom. The molecule has 0 atom stereocenters. The van der Waals surface area contributed by atoms with E-state index < -0.39 is 17.5 Å². The van der Waals surface area contributed by atoms with Crippen LogP contribution in [0.2, 0.25) is 0 Å². The molecule has 35 heavy (non-hydrogen) atoms. The molecule has 2 heterocycles. The summed E-state index contributed by atoms with van der Waals surface area (Å²) in [5.74, 6) is -0.959. The second-order valence-electron chi connectivity index (χ2n) is 9.70. The highest BCUT2D eigenvalue weighted by molar-refractivity contribution is 5.94. The van der Waals surface area contributed by atoms with Gasteiger partial charge in [0.2, 0.25) is 0 Å². The zero-order chi connectivity index (χ0) is 24.9. The van der Waals surface area contributed by atoms with E-state index in [2.05, 4.69) is 46.7 Å². The Hall–Kier alpha value is -3.06. The van der Waals surface area contributed by atoms with Crippen LogP contribution in [0.5, 0.6) is 0 Å². The molecule has 0 unspecified atom stereocenters. The second-order valence-corrected chi connectivity index (χ2v) is 9.70. The molecule has 7 heteroatoms. The molecule has 5 nitrogen and oxygen atoms in total. The number of rotatable bonds is 9. The number of imidazole rings is 1. The fraction of sp³-hybridized carbons (Fsp3) is 0.429. The Bertz CT molecular complexity index is 1220. The first-order chi connectivity index (χ1) is 16.9. The average Bonchev–Trinajstić information content (AvgIpc) is 3.16. The lowest BCUT2D eigenvalue weighted by Crippen LogP contribution is -2.35. The fourth-order valence-electron chi connectivity index (χ4n) is 4.67. The lowest BCUT2D eigenvalue weighted by atomic mass is 10.1. The molecule has 1 aromatic heterocycles. The summed E-state index contributed by atoms with van der Waals surface area (Å²) in [7, 11) is 0. The lowest BCUT2D eigenvalue weighted by Gasteiger charge is -2.25. The summed E-state index contributed by atoms with van der Waals surface area (Å²) in [4.78, 5) is 22.2. The van der Waals surface area contributed by atoms with Crippen LogP contribution in [0.1, 0.15) is 55.4 Å². The minimum Gasteiger partial charge on any atom is -0.331 e. The van der Waals surface area contributed by atoms with Crippen molar-refractivity contribution >= 4 is 16.9 Å². The minimum atomic E-state index is -0.718. The number of aryl methyl sites for hydroxylation is 1. The van der Waals surface area contributed by atoms with E-state index in [-0.39, 0.29) is 18.0 Å². The zero-order valence-corrected chi connectivity index (χ0v) is 20.8. The molecule has 3 aromatic rings. The van der Waals surface area contributed by atoms with E-state index in [0.717, 1.165) is 74.1 Å². The monoisotopic (exact) mass is 480 g/mol. The number of carbonyl (C=O) groups is 1. The van der Waals surface area contributed by atoms with Crippen molar-refractivity contribution in [2.45, 2.75) is 53.2 Å². The van der Waals surface area contributed by atoms with Crippen LogP contribution in [0.25, 0.3) is 11.0 Å². The van der Waals surface area contributed by atoms with Crippen LogP contribution in [-0.2, 0) is 19.6 Å². The summed E-state index contributed by atoms with van der Waals surface area (Å²) in [6.07, 6.45) is 6.41. The highest BCUT2D eigenvalue weighted by Gasteiger charge is 2.24. The van der Waals surface area contributed by atoms with Crippen molar-refractivity contribution in [1.82, 2.24) is 19.4 Å². The summed E-state index contributed by atoms with van der Waals surface area (Å²) in [6, 6.07) is 9.39. The predicted octanol–water partition coefficient (Wildman–Crippen LogP) is 5.78. The smallest absolute Gasteiger partial charge is 0.257 e. The van der Waals surface area contributed by atoms with Crippen molar-refractivity contribution in [2.24, 2.45) is 5.92 Å². The van der Waals surface area contributed by atoms with Gasteiger partial charge in [0.15, 0.2) is 0 Å². The Labute approximate surface area is 206 Å². The molecule has 0 bridgehead atoms. The maximum Gasteiger partial charge on any atom is 0.257 e. The summed E-state index contributed by atoms with van der Waals surface area (Å²) in [6.45, 7) is 10.4. The second kappa shape index (κ2) is 11.1. The van der Waals surface area contributed by atoms with Gasteiger partial charge in [0, 0.05) is 32.7 Å². The zero-order valence-electron chi connectivity index (χ0n) is 20.8. The molecule has 0 saturated heterocycles. The minimum absolute atomic E-state index is 0.157. The quantitative estimate of drug-likeness (QED) is 0.364. The van der Waals surface area contributed by atoms with Crippen molar-refractivity contribution in [3.63, 3.8) is 0 Å². The summed E-state index contributed by atoms with van der Waals surface area (Å²) in [5.41, 5.74) is 2.88. The maximum atomic E-state index is 14.4. The molecule has 0 N–H and O–H groups in total. The van der Waals surface area contributed by atoms with E-state index in [1.165, 1.54) is 5.56 Å². The molecule has 0 fully saturated rings. The van der Waals surface area contributed by atoms with Crippen molar-refractivity contribution in [3.8, 4) is 0 Å². The molecule has 1 amide bonds. The van der Waals surface area contributed by atoms with Gasteiger partial charge in [0.1, 0.15) is 17.5 Å². The van der Waals surface area contributed by atoms with Gasteiger partial charge in [-0.3, -0.25) is 9.69 Å². The first kappa shape index (κ1) is 25.0. The number of fused-ring (bicyclic) bond motifs is 1. The third-order valence-corrected chi connectivity index (χ3v) is 6.25. The van der Waals surface area contributed by atoms with Crippen LogP contribution in [0.15, 0.2) is 48.6 Å². The van der Waals surface area contributed by atoms with Crippen molar-refractivity contribution < 1.29 is 13.6 Å². The van der Waals surface area contributed by atoms with Crippen LogP contribution in [-0.4, -0.2) is 44.9 Å². The number of aromatic nitrogens is 2. The van der Waals surface area contributed by atoms with Crippen molar-refractivity contribution in [3.05, 3.63) is 77.1 Å². The third-order valence-electron chi connectivity index (χ3n) is 6.25. The Morgan fingerprint density at radius 2 is 1.97 bits per heavy atom. The average molecular weight is 481 g/mol. The standard InChI is InChI=1S/C28H34F2N4O/c1-4-12-34-26-11-8-21(18-32-13-6-5-7-14-32)15-25(26)31-27(34)19-33(17-20(2)3)28(35)23-16-22(29)9-10-24(23)30/h5-6,8-11,15-16,20H,4,7,12-14,17-19H2,1-3H3. The number of benzene rings is 2. The van der Waals surface area contributed by atoms with Crippen LogP contribution in [0, 0.1) is 17.6 Å². The van der Waals surface area contributed by atoms with Crippen LogP contribution in [0.3, 0.4) is 0 Å². The van der Waals surface area contributed by atoms with Gasteiger partial charge in [0.05, 0.1) is 23.1 Å². The predicted molar refractivity (Wildman–Crippen MR) is 135 cm³/mol. The van der Waals surface area contributed by atoms with Gasteiger partial charge in [0.25, 0.3) is 5.91 Å². The molecule has 186 valence electrons. The van der Waals surface area contributed by atoms with Crippen molar-refractivity contribution in [1.29, 1.82) is 0 Å². The molecule has 0 spiro atoms. The van der Waals surface area contributed by atoms with E-state index in [0.29, 0.717) is 6.54 Å². The van der Waals surface area contributed by atoms with Gasteiger partial charge in [-0.2, -0.15) is 0 Å². The topological polar surface area (TPSA) is 41.4 Å². The van der Waals surface area contributed by atoms with E-state index in [4.69, 9.17) is 4.98 Å². The van der Waals surface area contributed by atoms with Gasteiger partial charge in [-0.15, -0.1) is 0 Å². The molecule has 0 aliphatic carbocycles. The summed E-state index contributed by atoms with van der Waals surface area (Å²) in [5, 5.41) is 0. The Balaban J connectivity index is 1.65. The van der Waals surface area contributed by atoms with Crippen LogP contribution in [0.4, 0.5) is 8.78 Å². The fourth-order valence-corrected chi connectivity index (χ4v) is 4.67. The molecule has 0 saturated carbocycles. The lowest BCUT2D eigenvalue weighted by molar-refractivity contribution is 0.0711. The largest absolute Gasteiger partial charge is 0.331 e. The third kappa shape index (κ3) is 5.96. The molecular formula is C28H34F2N4O. The van der Waals surface area contributed by atoms with Crippen molar-refractivity contribution in [2.75, 3.05) is 19.6 Å². The van der Waals surface area contributed by atoms with Crippen LogP contribution >= 0.6 is 0 Å². The van der Waals surface area contributed by atoms with Crippen LogP contribution < -0.4 is 0 Å². The number of carbonyl (C=O) groups excluding carboxylic acids is 1. The number of hydrogen-bond acceptors (Lipinski definition) is 3. The molecule has 4 rings (SSSR count). The maximum absolute atomic E-state index is 14.4. The highest BCUT2D eigenvalue weighted by atomic mass is 19.1. The highest BCUT2D eigenvalue weighted by Crippen LogP contribution is 2.23.